The van der Waals surface area contributed by atoms with Gasteiger partial charge >= 0.3 is 0 Å². The summed E-state index contributed by atoms with van der Waals surface area (Å²) in [5, 5.41) is 15.2. The Balaban J connectivity index is 1.72. The molecule has 0 radical (unpaired) electrons. The lowest BCUT2D eigenvalue weighted by Crippen LogP contribution is -2.05. The third-order valence-corrected chi connectivity index (χ3v) is 3.22. The highest BCUT2D eigenvalue weighted by molar-refractivity contribution is 5.27. The summed E-state index contributed by atoms with van der Waals surface area (Å²) >= 11 is 0. The number of rotatable bonds is 3. The number of hydrogen-bond donors (Lipinski definition) is 1. The Morgan fingerprint density at radius 3 is 2.88 bits per heavy atom. The number of nitrogens with zero attached hydrogens (tertiary/aromatic N) is 4. The maximum atomic E-state index is 4.42. The van der Waals surface area contributed by atoms with E-state index in [0.29, 0.717) is 0 Å². The van der Waals surface area contributed by atoms with Crippen LogP contribution in [0.5, 0.6) is 0 Å². The van der Waals surface area contributed by atoms with Gasteiger partial charge in [-0.25, -0.2) is 0 Å². The lowest BCUT2D eigenvalue weighted by Gasteiger charge is -2.11. The lowest BCUT2D eigenvalue weighted by atomic mass is 9.95. The van der Waals surface area contributed by atoms with Crippen molar-refractivity contribution in [3.8, 4) is 0 Å². The molecule has 2 aromatic rings. The minimum Gasteiger partial charge on any atom is -0.320 e. The zero-order chi connectivity index (χ0) is 10.8. The van der Waals surface area contributed by atoms with E-state index in [2.05, 4.69) is 20.4 Å². The molecule has 16 heavy (non-hydrogen) atoms. The van der Waals surface area contributed by atoms with E-state index in [-0.39, 0.29) is 0 Å². The summed E-state index contributed by atoms with van der Waals surface area (Å²) in [6.07, 6.45) is 9.40. The molecule has 0 saturated heterocycles. The average Bonchev–Trinajstić information content (AvgIpc) is 2.96. The molecular formula is C11H15N5. The van der Waals surface area contributed by atoms with Crippen molar-refractivity contribution in [3.63, 3.8) is 0 Å². The molecule has 0 bridgehead atoms. The van der Waals surface area contributed by atoms with Gasteiger partial charge in [-0.05, 0) is 31.2 Å². The third-order valence-electron chi connectivity index (χ3n) is 3.22. The highest BCUT2D eigenvalue weighted by Crippen LogP contribution is 2.22. The number of aromatic amines is 1. The molecule has 0 fully saturated rings. The van der Waals surface area contributed by atoms with Gasteiger partial charge in [0.15, 0.2) is 0 Å². The number of nitrogens with one attached hydrogen (secondary N) is 1. The van der Waals surface area contributed by atoms with Crippen molar-refractivity contribution in [1.82, 2.24) is 25.0 Å². The maximum Gasteiger partial charge on any atom is 0.119 e. The van der Waals surface area contributed by atoms with Crippen molar-refractivity contribution >= 4 is 0 Å². The molecule has 2 aromatic heterocycles. The molecule has 5 heteroatoms. The number of fused-ring (bicyclic) bond motifs is 1. The van der Waals surface area contributed by atoms with Gasteiger partial charge in [0.2, 0.25) is 0 Å². The summed E-state index contributed by atoms with van der Waals surface area (Å²) < 4.78 is 1.99. The molecule has 0 unspecified atom stereocenters. The summed E-state index contributed by atoms with van der Waals surface area (Å²) in [6.45, 7) is 0.907. The van der Waals surface area contributed by atoms with E-state index in [1.54, 1.807) is 12.7 Å². The molecule has 5 nitrogen and oxygen atoms in total. The van der Waals surface area contributed by atoms with Gasteiger partial charge in [0.1, 0.15) is 12.7 Å². The minimum atomic E-state index is 0.907. The molecule has 2 heterocycles. The number of hydrogen-bond acceptors (Lipinski definition) is 3. The predicted molar refractivity (Wildman–Crippen MR) is 59.0 cm³/mol. The standard InChI is InChI=1S/C11H15N5/c1-2-4-10-9(3-1)11(15-14-10)5-6-16-7-12-13-8-16/h7-8H,1-6H2,(H,14,15). The maximum absolute atomic E-state index is 4.42. The van der Waals surface area contributed by atoms with Crippen LogP contribution in [0, 0.1) is 0 Å². The largest absolute Gasteiger partial charge is 0.320 e. The highest BCUT2D eigenvalue weighted by Gasteiger charge is 2.16. The fourth-order valence-electron chi connectivity index (χ4n) is 2.33. The van der Waals surface area contributed by atoms with E-state index in [0.717, 1.165) is 19.4 Å². The van der Waals surface area contributed by atoms with Gasteiger partial charge in [-0.15, -0.1) is 10.2 Å². The van der Waals surface area contributed by atoms with Crippen LogP contribution in [0.1, 0.15) is 29.8 Å². The molecule has 0 atom stereocenters. The summed E-state index contributed by atoms with van der Waals surface area (Å²) in [7, 11) is 0. The summed E-state index contributed by atoms with van der Waals surface area (Å²) in [6, 6.07) is 0. The first-order chi connectivity index (χ1) is 7.93. The van der Waals surface area contributed by atoms with Crippen LogP contribution in [-0.2, 0) is 25.8 Å². The van der Waals surface area contributed by atoms with Gasteiger partial charge in [0.25, 0.3) is 0 Å². The van der Waals surface area contributed by atoms with Crippen LogP contribution in [0.25, 0.3) is 0 Å². The Morgan fingerprint density at radius 1 is 1.19 bits per heavy atom. The van der Waals surface area contributed by atoms with Crippen molar-refractivity contribution in [2.24, 2.45) is 0 Å². The van der Waals surface area contributed by atoms with E-state index in [1.165, 1.54) is 36.2 Å². The van der Waals surface area contributed by atoms with Gasteiger partial charge in [-0.2, -0.15) is 5.10 Å². The molecule has 1 aliphatic carbocycles. The molecule has 84 valence electrons. The van der Waals surface area contributed by atoms with Gasteiger partial charge in [0.05, 0.1) is 5.69 Å². The second-order valence-electron chi connectivity index (χ2n) is 4.28. The van der Waals surface area contributed by atoms with Crippen molar-refractivity contribution in [1.29, 1.82) is 0 Å². The quantitative estimate of drug-likeness (QED) is 0.838. The van der Waals surface area contributed by atoms with E-state index in [1.807, 2.05) is 4.57 Å². The van der Waals surface area contributed by atoms with Gasteiger partial charge < -0.3 is 4.57 Å². The molecule has 0 aromatic carbocycles. The number of aromatic nitrogens is 5. The van der Waals surface area contributed by atoms with Crippen molar-refractivity contribution in [3.05, 3.63) is 29.6 Å². The monoisotopic (exact) mass is 217 g/mol. The molecule has 0 amide bonds. The first-order valence-electron chi connectivity index (χ1n) is 5.81. The Labute approximate surface area is 93.9 Å². The Bertz CT molecular complexity index is 457. The highest BCUT2D eigenvalue weighted by atomic mass is 15.2. The van der Waals surface area contributed by atoms with Crippen LogP contribution in [-0.4, -0.2) is 25.0 Å². The Hall–Kier alpha value is -1.65. The molecule has 1 N–H and O–H groups in total. The molecule has 0 saturated carbocycles. The molecule has 0 aliphatic heterocycles. The summed E-state index contributed by atoms with van der Waals surface area (Å²) in [4.78, 5) is 0. The van der Waals surface area contributed by atoms with Gasteiger partial charge in [-0.1, -0.05) is 0 Å². The predicted octanol–water partition coefficient (Wildman–Crippen LogP) is 1.12. The molecular weight excluding hydrogens is 202 g/mol. The van der Waals surface area contributed by atoms with Crippen molar-refractivity contribution in [2.45, 2.75) is 38.6 Å². The first-order valence-corrected chi connectivity index (χ1v) is 5.81. The Kier molecular flexibility index (Phi) is 2.44. The first kappa shape index (κ1) is 9.57. The second kappa shape index (κ2) is 4.08. The minimum absolute atomic E-state index is 0.907. The van der Waals surface area contributed by atoms with E-state index in [9.17, 15) is 0 Å². The van der Waals surface area contributed by atoms with E-state index < -0.39 is 0 Å². The van der Waals surface area contributed by atoms with E-state index >= 15 is 0 Å². The van der Waals surface area contributed by atoms with Gasteiger partial charge in [-0.3, -0.25) is 5.10 Å². The lowest BCUT2D eigenvalue weighted by molar-refractivity contribution is 0.657. The molecule has 0 spiro atoms. The van der Waals surface area contributed by atoms with Crippen molar-refractivity contribution in [2.75, 3.05) is 0 Å². The average molecular weight is 217 g/mol. The third kappa shape index (κ3) is 1.73. The van der Waals surface area contributed by atoms with Crippen LogP contribution >= 0.6 is 0 Å². The fourth-order valence-corrected chi connectivity index (χ4v) is 2.33. The normalized spacial score (nSPS) is 15.0. The summed E-state index contributed by atoms with van der Waals surface area (Å²) in [5.41, 5.74) is 4.03. The molecule has 1 aliphatic rings. The van der Waals surface area contributed by atoms with Crippen LogP contribution in [0.15, 0.2) is 12.7 Å². The fraction of sp³-hybridized carbons (Fsp3) is 0.545. The SMILES string of the molecule is c1nncn1CCc1n[nH]c2c1CCCC2. The van der Waals surface area contributed by atoms with Crippen LogP contribution in [0.4, 0.5) is 0 Å². The number of H-pyrrole nitrogens is 1. The van der Waals surface area contributed by atoms with Crippen molar-refractivity contribution < 1.29 is 0 Å². The van der Waals surface area contributed by atoms with E-state index in [4.69, 9.17) is 0 Å². The zero-order valence-corrected chi connectivity index (χ0v) is 9.19. The molecule has 3 rings (SSSR count). The van der Waals surface area contributed by atoms with Crippen LogP contribution in [0.2, 0.25) is 0 Å². The Morgan fingerprint density at radius 2 is 2.00 bits per heavy atom. The smallest absolute Gasteiger partial charge is 0.119 e. The van der Waals surface area contributed by atoms with Crippen LogP contribution in [0.3, 0.4) is 0 Å². The zero-order valence-electron chi connectivity index (χ0n) is 9.19. The summed E-state index contributed by atoms with van der Waals surface area (Å²) in [5.74, 6) is 0. The number of aryl methyl sites for hydroxylation is 3. The topological polar surface area (TPSA) is 59.4 Å². The van der Waals surface area contributed by atoms with Gasteiger partial charge in [0, 0.05) is 18.7 Å². The van der Waals surface area contributed by atoms with Crippen LogP contribution < -0.4 is 0 Å². The second-order valence-corrected chi connectivity index (χ2v) is 4.28.